The fraction of sp³-hybridized carbons (Fsp3) is 0.500. The van der Waals surface area contributed by atoms with Crippen LogP contribution in [-0.4, -0.2) is 23.6 Å². The summed E-state index contributed by atoms with van der Waals surface area (Å²) in [6, 6.07) is 9.30. The van der Waals surface area contributed by atoms with Gasteiger partial charge < -0.3 is 4.90 Å². The molecular formula is C12H14ClNS. The Morgan fingerprint density at radius 2 is 2.27 bits per heavy atom. The lowest BCUT2D eigenvalue weighted by Gasteiger charge is -2.30. The van der Waals surface area contributed by atoms with E-state index in [4.69, 9.17) is 11.6 Å². The van der Waals surface area contributed by atoms with E-state index >= 15 is 0 Å². The van der Waals surface area contributed by atoms with Crippen LogP contribution in [0, 0.1) is 0 Å². The SMILES string of the molecule is ClCc1ccccc1N1CC2CC1CS2. The lowest BCUT2D eigenvalue weighted by atomic mass is 10.1. The molecule has 2 heterocycles. The molecule has 0 radical (unpaired) electrons. The van der Waals surface area contributed by atoms with Gasteiger partial charge in [0.15, 0.2) is 0 Å². The molecule has 3 rings (SSSR count). The average Bonchev–Trinajstić information content (AvgIpc) is 2.90. The first-order chi connectivity index (χ1) is 7.38. The summed E-state index contributed by atoms with van der Waals surface area (Å²) < 4.78 is 0. The molecule has 1 aromatic rings. The molecule has 2 fully saturated rings. The monoisotopic (exact) mass is 239 g/mol. The molecule has 15 heavy (non-hydrogen) atoms. The van der Waals surface area contributed by atoms with Crippen LogP contribution >= 0.6 is 23.4 Å². The lowest BCUT2D eigenvalue weighted by Crippen LogP contribution is -2.34. The van der Waals surface area contributed by atoms with Crippen LogP contribution in [0.2, 0.25) is 0 Å². The van der Waals surface area contributed by atoms with Gasteiger partial charge in [0, 0.05) is 35.2 Å². The zero-order valence-corrected chi connectivity index (χ0v) is 10.1. The second kappa shape index (κ2) is 3.91. The first-order valence-corrected chi connectivity index (χ1v) is 6.99. The minimum atomic E-state index is 0.622. The zero-order chi connectivity index (χ0) is 10.3. The number of benzene rings is 1. The highest BCUT2D eigenvalue weighted by atomic mass is 35.5. The van der Waals surface area contributed by atoms with E-state index in [1.54, 1.807) is 0 Å². The summed E-state index contributed by atoms with van der Waals surface area (Å²) in [5.74, 6) is 1.92. The van der Waals surface area contributed by atoms with Gasteiger partial charge in [-0.25, -0.2) is 0 Å². The number of para-hydroxylation sites is 1. The first kappa shape index (κ1) is 9.86. The van der Waals surface area contributed by atoms with E-state index in [0.29, 0.717) is 5.88 Å². The smallest absolute Gasteiger partial charge is 0.0494 e. The number of rotatable bonds is 2. The van der Waals surface area contributed by atoms with Crippen LogP contribution in [0.4, 0.5) is 5.69 Å². The number of nitrogens with zero attached hydrogens (tertiary/aromatic N) is 1. The molecule has 2 bridgehead atoms. The van der Waals surface area contributed by atoms with Gasteiger partial charge in [-0.3, -0.25) is 0 Å². The van der Waals surface area contributed by atoms with Gasteiger partial charge in [-0.2, -0.15) is 11.8 Å². The van der Waals surface area contributed by atoms with Crippen molar-refractivity contribution in [2.24, 2.45) is 0 Å². The molecule has 0 N–H and O–H groups in total. The molecule has 2 unspecified atom stereocenters. The van der Waals surface area contributed by atoms with Crippen molar-refractivity contribution in [3.8, 4) is 0 Å². The molecule has 2 saturated heterocycles. The van der Waals surface area contributed by atoms with Crippen LogP contribution < -0.4 is 4.90 Å². The van der Waals surface area contributed by atoms with Gasteiger partial charge in [-0.15, -0.1) is 11.6 Å². The van der Waals surface area contributed by atoms with E-state index in [0.717, 1.165) is 11.3 Å². The van der Waals surface area contributed by atoms with E-state index in [-0.39, 0.29) is 0 Å². The third-order valence-corrected chi connectivity index (χ3v) is 5.02. The molecule has 80 valence electrons. The Morgan fingerprint density at radius 3 is 2.93 bits per heavy atom. The molecule has 0 amide bonds. The second-order valence-corrected chi connectivity index (χ2v) is 5.86. The Bertz CT molecular complexity index is 368. The Morgan fingerprint density at radius 1 is 1.40 bits per heavy atom. The van der Waals surface area contributed by atoms with Crippen molar-refractivity contribution in [3.63, 3.8) is 0 Å². The average molecular weight is 240 g/mol. The molecule has 0 saturated carbocycles. The highest BCUT2D eigenvalue weighted by Crippen LogP contribution is 2.41. The van der Waals surface area contributed by atoms with E-state index in [2.05, 4.69) is 40.9 Å². The Labute approximate surface area is 99.8 Å². The maximum Gasteiger partial charge on any atom is 0.0494 e. The Kier molecular flexibility index (Phi) is 2.57. The molecule has 0 aromatic heterocycles. The number of hydrogen-bond acceptors (Lipinski definition) is 2. The van der Waals surface area contributed by atoms with Gasteiger partial charge >= 0.3 is 0 Å². The van der Waals surface area contributed by atoms with Crippen molar-refractivity contribution < 1.29 is 0 Å². The summed E-state index contributed by atoms with van der Waals surface area (Å²) in [5, 5.41) is 0.860. The van der Waals surface area contributed by atoms with Crippen LogP contribution in [-0.2, 0) is 5.88 Å². The molecular weight excluding hydrogens is 226 g/mol. The Hall–Kier alpha value is -0.340. The van der Waals surface area contributed by atoms with Crippen molar-refractivity contribution in [2.75, 3.05) is 17.2 Å². The summed E-state index contributed by atoms with van der Waals surface area (Å²) in [7, 11) is 0. The summed E-state index contributed by atoms with van der Waals surface area (Å²) in [6.45, 7) is 1.21. The van der Waals surface area contributed by atoms with E-state index in [1.807, 2.05) is 0 Å². The van der Waals surface area contributed by atoms with Gasteiger partial charge in [-0.1, -0.05) is 18.2 Å². The standard InChI is InChI=1S/C12H14ClNS/c13-6-9-3-1-2-4-12(9)14-7-11-5-10(14)8-15-11/h1-4,10-11H,5-8H2. The van der Waals surface area contributed by atoms with Crippen LogP contribution in [0.5, 0.6) is 0 Å². The third kappa shape index (κ3) is 1.64. The highest BCUT2D eigenvalue weighted by molar-refractivity contribution is 8.00. The van der Waals surface area contributed by atoms with Crippen LogP contribution in [0.3, 0.4) is 0 Å². The molecule has 0 aliphatic carbocycles. The summed E-state index contributed by atoms with van der Waals surface area (Å²) in [5.41, 5.74) is 2.64. The van der Waals surface area contributed by atoms with E-state index in [1.165, 1.54) is 30.0 Å². The third-order valence-electron chi connectivity index (χ3n) is 3.35. The molecule has 2 aliphatic rings. The van der Waals surface area contributed by atoms with Crippen molar-refractivity contribution in [1.82, 2.24) is 0 Å². The molecule has 3 heteroatoms. The number of alkyl halides is 1. The number of halogens is 1. The molecule has 1 nitrogen and oxygen atoms in total. The minimum Gasteiger partial charge on any atom is -0.366 e. The fourth-order valence-corrected chi connectivity index (χ4v) is 4.26. The van der Waals surface area contributed by atoms with Crippen molar-refractivity contribution in [2.45, 2.75) is 23.6 Å². The second-order valence-electron chi connectivity index (χ2n) is 4.26. The fourth-order valence-electron chi connectivity index (χ4n) is 2.60. The van der Waals surface area contributed by atoms with Crippen molar-refractivity contribution in [1.29, 1.82) is 0 Å². The predicted octanol–water partition coefficient (Wildman–Crippen LogP) is 3.12. The summed E-state index contributed by atoms with van der Waals surface area (Å²) in [6.07, 6.45) is 1.36. The summed E-state index contributed by atoms with van der Waals surface area (Å²) in [4.78, 5) is 2.55. The maximum absolute atomic E-state index is 5.98. The van der Waals surface area contributed by atoms with Gasteiger partial charge in [-0.05, 0) is 18.1 Å². The van der Waals surface area contributed by atoms with Crippen LogP contribution in [0.25, 0.3) is 0 Å². The van der Waals surface area contributed by atoms with E-state index in [9.17, 15) is 0 Å². The Balaban J connectivity index is 1.92. The van der Waals surface area contributed by atoms with Crippen LogP contribution in [0.15, 0.2) is 24.3 Å². The molecule has 2 atom stereocenters. The molecule has 1 aromatic carbocycles. The largest absolute Gasteiger partial charge is 0.366 e. The predicted molar refractivity (Wildman–Crippen MR) is 68.0 cm³/mol. The topological polar surface area (TPSA) is 3.24 Å². The van der Waals surface area contributed by atoms with Gasteiger partial charge in [0.1, 0.15) is 0 Å². The lowest BCUT2D eigenvalue weighted by molar-refractivity contribution is 0.760. The van der Waals surface area contributed by atoms with E-state index < -0.39 is 0 Å². The molecule has 2 aliphatic heterocycles. The van der Waals surface area contributed by atoms with Gasteiger partial charge in [0.25, 0.3) is 0 Å². The zero-order valence-electron chi connectivity index (χ0n) is 8.53. The normalized spacial score (nSPS) is 28.7. The van der Waals surface area contributed by atoms with Crippen molar-refractivity contribution in [3.05, 3.63) is 29.8 Å². The summed E-state index contributed by atoms with van der Waals surface area (Å²) >= 11 is 8.11. The number of hydrogen-bond donors (Lipinski definition) is 0. The number of fused-ring (bicyclic) bond motifs is 2. The number of thioether (sulfide) groups is 1. The minimum absolute atomic E-state index is 0.622. The quantitative estimate of drug-likeness (QED) is 0.730. The first-order valence-electron chi connectivity index (χ1n) is 5.40. The van der Waals surface area contributed by atoms with Gasteiger partial charge in [0.2, 0.25) is 0 Å². The highest BCUT2D eigenvalue weighted by Gasteiger charge is 2.38. The maximum atomic E-state index is 5.98. The van der Waals surface area contributed by atoms with Crippen molar-refractivity contribution >= 4 is 29.1 Å². The molecule has 0 spiro atoms. The van der Waals surface area contributed by atoms with Gasteiger partial charge in [0.05, 0.1) is 0 Å². The number of anilines is 1. The van der Waals surface area contributed by atoms with Crippen LogP contribution in [0.1, 0.15) is 12.0 Å².